The fourth-order valence-corrected chi connectivity index (χ4v) is 3.60. The maximum absolute atomic E-state index is 12.1. The highest BCUT2D eigenvalue weighted by atomic mass is 32.1. The normalized spacial score (nSPS) is 10.9. The van der Waals surface area contributed by atoms with Crippen molar-refractivity contribution in [3.63, 3.8) is 0 Å². The van der Waals surface area contributed by atoms with Crippen LogP contribution in [0, 0.1) is 6.92 Å². The van der Waals surface area contributed by atoms with Gasteiger partial charge in [-0.15, -0.1) is 22.7 Å². The van der Waals surface area contributed by atoms with Crippen molar-refractivity contribution in [1.29, 1.82) is 0 Å². The van der Waals surface area contributed by atoms with E-state index in [9.17, 15) is 9.59 Å². The number of hydrogen-bond donors (Lipinski definition) is 2. The van der Waals surface area contributed by atoms with Crippen molar-refractivity contribution in [3.05, 3.63) is 40.0 Å². The number of carbonyl (C=O) groups is 2. The zero-order valence-electron chi connectivity index (χ0n) is 14.4. The van der Waals surface area contributed by atoms with E-state index in [1.807, 2.05) is 0 Å². The molecule has 0 bridgehead atoms. The molecule has 3 heterocycles. The summed E-state index contributed by atoms with van der Waals surface area (Å²) in [6.45, 7) is 5.80. The highest BCUT2D eigenvalue weighted by Crippen LogP contribution is 2.25. The van der Waals surface area contributed by atoms with Gasteiger partial charge in [-0.3, -0.25) is 14.9 Å². The lowest BCUT2D eigenvalue weighted by molar-refractivity contribution is -0.115. The number of amides is 2. The van der Waals surface area contributed by atoms with Crippen LogP contribution in [0.5, 0.6) is 0 Å². The van der Waals surface area contributed by atoms with Crippen LogP contribution in [-0.4, -0.2) is 26.8 Å². The first-order valence-corrected chi connectivity index (χ1v) is 9.53. The van der Waals surface area contributed by atoms with Gasteiger partial charge in [-0.1, -0.05) is 13.8 Å². The quantitative estimate of drug-likeness (QED) is 0.666. The molecule has 2 N–H and O–H groups in total. The Morgan fingerprint density at radius 2 is 2.04 bits per heavy atom. The van der Waals surface area contributed by atoms with Crippen LogP contribution in [0.2, 0.25) is 0 Å². The number of carbonyl (C=O) groups excluding carboxylic acids is 2. The van der Waals surface area contributed by atoms with Crippen LogP contribution in [-0.2, 0) is 11.2 Å². The Hall–Kier alpha value is -2.59. The van der Waals surface area contributed by atoms with Crippen LogP contribution in [0.4, 0.5) is 10.3 Å². The smallest absolute Gasteiger partial charge is 0.279 e. The van der Waals surface area contributed by atoms with Crippen molar-refractivity contribution in [2.24, 2.45) is 0 Å². The van der Waals surface area contributed by atoms with Gasteiger partial charge in [0.1, 0.15) is 5.76 Å². The van der Waals surface area contributed by atoms with E-state index in [1.165, 1.54) is 29.1 Å². The number of aromatic nitrogens is 3. The Balaban J connectivity index is 1.56. The van der Waals surface area contributed by atoms with E-state index in [2.05, 4.69) is 39.4 Å². The SMILES string of the molecule is Cc1ocnc1C(=O)Nc1nc(CC(=O)Nc2ncc(C(C)C)s2)cs1. The average molecular weight is 391 g/mol. The molecule has 0 aliphatic rings. The molecule has 10 heteroatoms. The topological polar surface area (TPSA) is 110 Å². The van der Waals surface area contributed by atoms with Gasteiger partial charge in [0.05, 0.1) is 12.1 Å². The van der Waals surface area contributed by atoms with Crippen LogP contribution in [0.1, 0.15) is 46.6 Å². The second-order valence-electron chi connectivity index (χ2n) is 5.80. The number of nitrogens with one attached hydrogen (secondary N) is 2. The largest absolute Gasteiger partial charge is 0.448 e. The summed E-state index contributed by atoms with van der Waals surface area (Å²) in [4.78, 5) is 37.6. The van der Waals surface area contributed by atoms with Crippen molar-refractivity contribution in [1.82, 2.24) is 15.0 Å². The zero-order chi connectivity index (χ0) is 18.7. The summed E-state index contributed by atoms with van der Waals surface area (Å²) in [7, 11) is 0. The summed E-state index contributed by atoms with van der Waals surface area (Å²) in [6, 6.07) is 0. The van der Waals surface area contributed by atoms with Gasteiger partial charge in [0, 0.05) is 16.5 Å². The summed E-state index contributed by atoms with van der Waals surface area (Å²) in [5.41, 5.74) is 0.782. The maximum Gasteiger partial charge on any atom is 0.279 e. The van der Waals surface area contributed by atoms with E-state index in [0.29, 0.717) is 27.6 Å². The second kappa shape index (κ2) is 7.75. The Labute approximate surface area is 157 Å². The van der Waals surface area contributed by atoms with Gasteiger partial charge >= 0.3 is 0 Å². The lowest BCUT2D eigenvalue weighted by Crippen LogP contribution is -2.15. The van der Waals surface area contributed by atoms with Gasteiger partial charge in [0.2, 0.25) is 5.91 Å². The monoisotopic (exact) mass is 391 g/mol. The van der Waals surface area contributed by atoms with E-state index >= 15 is 0 Å². The molecule has 2 amide bonds. The Kier molecular flexibility index (Phi) is 5.43. The molecule has 0 saturated heterocycles. The third kappa shape index (κ3) is 4.33. The van der Waals surface area contributed by atoms with Crippen molar-refractivity contribution in [3.8, 4) is 0 Å². The third-order valence-electron chi connectivity index (χ3n) is 3.41. The molecule has 0 aliphatic heterocycles. The second-order valence-corrected chi connectivity index (χ2v) is 7.72. The molecule has 0 aromatic carbocycles. The summed E-state index contributed by atoms with van der Waals surface area (Å²) in [6.07, 6.45) is 3.09. The molecule has 26 heavy (non-hydrogen) atoms. The number of aryl methyl sites for hydroxylation is 1. The van der Waals surface area contributed by atoms with Crippen molar-refractivity contribution >= 4 is 44.8 Å². The van der Waals surface area contributed by atoms with Crippen LogP contribution < -0.4 is 10.6 Å². The van der Waals surface area contributed by atoms with Crippen molar-refractivity contribution in [2.45, 2.75) is 33.1 Å². The number of rotatable bonds is 6. The lowest BCUT2D eigenvalue weighted by Gasteiger charge is -2.00. The van der Waals surface area contributed by atoms with Gasteiger partial charge in [-0.2, -0.15) is 0 Å². The van der Waals surface area contributed by atoms with Gasteiger partial charge in [-0.05, 0) is 12.8 Å². The zero-order valence-corrected chi connectivity index (χ0v) is 16.0. The predicted molar refractivity (Wildman–Crippen MR) is 99.8 cm³/mol. The first kappa shape index (κ1) is 18.2. The molecule has 8 nitrogen and oxygen atoms in total. The molecule has 0 aliphatic carbocycles. The maximum atomic E-state index is 12.1. The Bertz CT molecular complexity index is 928. The fourth-order valence-electron chi connectivity index (χ4n) is 2.06. The minimum absolute atomic E-state index is 0.103. The first-order chi connectivity index (χ1) is 12.4. The standard InChI is InChI=1S/C16H17N5O3S2/c1-8(2)11-5-17-15(26-11)20-12(22)4-10-6-25-16(19-10)21-14(23)13-9(3)24-7-18-13/h5-8H,4H2,1-3H3,(H,17,20,22)(H,19,21,23). The van der Waals surface area contributed by atoms with Gasteiger partial charge in [0.15, 0.2) is 22.4 Å². The summed E-state index contributed by atoms with van der Waals surface area (Å²) in [5, 5.41) is 8.12. The molecule has 3 aromatic rings. The number of anilines is 2. The molecular weight excluding hydrogens is 374 g/mol. The van der Waals surface area contributed by atoms with Gasteiger partial charge in [-0.25, -0.2) is 15.0 Å². The van der Waals surface area contributed by atoms with E-state index in [4.69, 9.17) is 4.42 Å². The number of thiazole rings is 2. The van der Waals surface area contributed by atoms with Crippen LogP contribution in [0.25, 0.3) is 0 Å². The molecule has 0 spiro atoms. The molecule has 0 saturated carbocycles. The van der Waals surface area contributed by atoms with Crippen molar-refractivity contribution in [2.75, 3.05) is 10.6 Å². The lowest BCUT2D eigenvalue weighted by atomic mass is 10.2. The highest BCUT2D eigenvalue weighted by Gasteiger charge is 2.16. The molecule has 0 radical (unpaired) electrons. The van der Waals surface area contributed by atoms with E-state index in [1.54, 1.807) is 18.5 Å². The predicted octanol–water partition coefficient (Wildman–Crippen LogP) is 3.45. The summed E-state index contributed by atoms with van der Waals surface area (Å²) < 4.78 is 5.01. The van der Waals surface area contributed by atoms with E-state index < -0.39 is 5.91 Å². The van der Waals surface area contributed by atoms with Crippen molar-refractivity contribution < 1.29 is 14.0 Å². The van der Waals surface area contributed by atoms with Crippen LogP contribution in [0.15, 0.2) is 22.4 Å². The van der Waals surface area contributed by atoms with E-state index in [0.717, 1.165) is 4.88 Å². The average Bonchev–Trinajstić information content (AvgIpc) is 3.29. The minimum atomic E-state index is -0.398. The first-order valence-electron chi connectivity index (χ1n) is 7.83. The third-order valence-corrected chi connectivity index (χ3v) is 5.43. The molecule has 0 fully saturated rings. The van der Waals surface area contributed by atoms with E-state index in [-0.39, 0.29) is 18.0 Å². The molecule has 0 atom stereocenters. The van der Waals surface area contributed by atoms with Gasteiger partial charge in [0.25, 0.3) is 5.91 Å². The molecule has 136 valence electrons. The highest BCUT2D eigenvalue weighted by molar-refractivity contribution is 7.15. The number of nitrogens with zero attached hydrogens (tertiary/aromatic N) is 3. The molecule has 0 unspecified atom stereocenters. The minimum Gasteiger partial charge on any atom is -0.448 e. The van der Waals surface area contributed by atoms with Gasteiger partial charge < -0.3 is 9.73 Å². The number of hydrogen-bond acceptors (Lipinski definition) is 8. The molecule has 3 aromatic heterocycles. The molecule has 3 rings (SSSR count). The Morgan fingerprint density at radius 3 is 2.69 bits per heavy atom. The van der Waals surface area contributed by atoms with Crippen LogP contribution >= 0.6 is 22.7 Å². The summed E-state index contributed by atoms with van der Waals surface area (Å²) >= 11 is 2.70. The molecular formula is C16H17N5O3S2. The number of oxazole rings is 1. The fraction of sp³-hybridized carbons (Fsp3) is 0.312. The Morgan fingerprint density at radius 1 is 1.23 bits per heavy atom. The summed E-state index contributed by atoms with van der Waals surface area (Å²) in [5.74, 6) is 0.204. The van der Waals surface area contributed by atoms with Crippen LogP contribution in [0.3, 0.4) is 0 Å².